The molecule has 0 spiro atoms. The van der Waals surface area contributed by atoms with Crippen molar-refractivity contribution in [2.24, 2.45) is 0 Å². The first-order chi connectivity index (χ1) is 8.02. The number of ether oxygens (including phenoxy) is 1. The highest BCUT2D eigenvalue weighted by molar-refractivity contribution is 5.49. The Morgan fingerprint density at radius 1 is 1.06 bits per heavy atom. The van der Waals surface area contributed by atoms with Crippen LogP contribution in [0.15, 0.2) is 24.3 Å². The SMILES string of the molecule is COc1ccc(N(C[C@H](C)O)C[C@@H](C)O)cc1. The van der Waals surface area contributed by atoms with E-state index in [0.29, 0.717) is 13.1 Å². The summed E-state index contributed by atoms with van der Waals surface area (Å²) in [5.41, 5.74) is 0.965. The summed E-state index contributed by atoms with van der Waals surface area (Å²) in [5.74, 6) is 0.794. The van der Waals surface area contributed by atoms with Crippen LogP contribution in [0.2, 0.25) is 0 Å². The molecule has 96 valence electrons. The zero-order chi connectivity index (χ0) is 12.8. The van der Waals surface area contributed by atoms with Gasteiger partial charge in [-0.2, -0.15) is 0 Å². The lowest BCUT2D eigenvalue weighted by atomic mass is 10.2. The molecule has 17 heavy (non-hydrogen) atoms. The maximum Gasteiger partial charge on any atom is 0.119 e. The number of rotatable bonds is 6. The first kappa shape index (κ1) is 13.8. The lowest BCUT2D eigenvalue weighted by Crippen LogP contribution is -2.36. The summed E-state index contributed by atoms with van der Waals surface area (Å²) in [6.07, 6.45) is -0.869. The molecule has 0 heterocycles. The Balaban J connectivity index is 2.79. The summed E-state index contributed by atoms with van der Waals surface area (Å²) >= 11 is 0. The van der Waals surface area contributed by atoms with E-state index in [0.717, 1.165) is 11.4 Å². The molecule has 2 atom stereocenters. The van der Waals surface area contributed by atoms with Crippen LogP contribution in [0.5, 0.6) is 5.75 Å². The molecule has 4 nitrogen and oxygen atoms in total. The van der Waals surface area contributed by atoms with Crippen LogP contribution in [0.1, 0.15) is 13.8 Å². The van der Waals surface area contributed by atoms with Crippen molar-refractivity contribution in [3.8, 4) is 5.75 Å². The number of nitrogens with zero attached hydrogens (tertiary/aromatic N) is 1. The van der Waals surface area contributed by atoms with Crippen LogP contribution in [0.3, 0.4) is 0 Å². The summed E-state index contributed by atoms with van der Waals surface area (Å²) in [6, 6.07) is 7.58. The van der Waals surface area contributed by atoms with E-state index in [-0.39, 0.29) is 0 Å². The Hall–Kier alpha value is -1.26. The minimum absolute atomic E-state index is 0.434. The second kappa shape index (κ2) is 6.47. The van der Waals surface area contributed by atoms with Crippen LogP contribution in [-0.4, -0.2) is 42.6 Å². The highest BCUT2D eigenvalue weighted by Crippen LogP contribution is 2.19. The number of methoxy groups -OCH3 is 1. The maximum absolute atomic E-state index is 9.45. The number of anilines is 1. The largest absolute Gasteiger partial charge is 0.497 e. The lowest BCUT2D eigenvalue weighted by molar-refractivity contribution is 0.178. The third-order valence-corrected chi connectivity index (χ3v) is 2.41. The standard InChI is InChI=1S/C13H21NO3/c1-10(15)8-14(9-11(2)16)12-4-6-13(17-3)7-5-12/h4-7,10-11,15-16H,8-9H2,1-3H3/t10-,11+. The van der Waals surface area contributed by atoms with Crippen molar-refractivity contribution in [1.29, 1.82) is 0 Å². The number of hydrogen-bond acceptors (Lipinski definition) is 4. The normalized spacial score (nSPS) is 14.2. The van der Waals surface area contributed by atoms with Gasteiger partial charge < -0.3 is 19.8 Å². The van der Waals surface area contributed by atoms with E-state index in [4.69, 9.17) is 4.74 Å². The van der Waals surface area contributed by atoms with E-state index < -0.39 is 12.2 Å². The summed E-state index contributed by atoms with van der Waals surface area (Å²) < 4.78 is 5.09. The van der Waals surface area contributed by atoms with Crippen molar-refractivity contribution < 1.29 is 14.9 Å². The molecule has 0 aromatic heterocycles. The third-order valence-electron chi connectivity index (χ3n) is 2.41. The monoisotopic (exact) mass is 239 g/mol. The lowest BCUT2D eigenvalue weighted by Gasteiger charge is -2.27. The second-order valence-corrected chi connectivity index (χ2v) is 4.30. The molecule has 0 bridgehead atoms. The Bertz CT molecular complexity index is 312. The summed E-state index contributed by atoms with van der Waals surface area (Å²) in [7, 11) is 1.62. The van der Waals surface area contributed by atoms with Gasteiger partial charge in [0.2, 0.25) is 0 Å². The first-order valence-corrected chi connectivity index (χ1v) is 5.78. The number of aliphatic hydroxyl groups is 2. The third kappa shape index (κ3) is 4.63. The van der Waals surface area contributed by atoms with E-state index in [1.165, 1.54) is 0 Å². The van der Waals surface area contributed by atoms with Crippen LogP contribution in [-0.2, 0) is 0 Å². The zero-order valence-electron chi connectivity index (χ0n) is 10.6. The van der Waals surface area contributed by atoms with Gasteiger partial charge in [0.05, 0.1) is 19.3 Å². The van der Waals surface area contributed by atoms with E-state index in [9.17, 15) is 10.2 Å². The average molecular weight is 239 g/mol. The van der Waals surface area contributed by atoms with Gasteiger partial charge in [0.15, 0.2) is 0 Å². The Kier molecular flexibility index (Phi) is 5.25. The smallest absolute Gasteiger partial charge is 0.119 e. The molecule has 0 saturated heterocycles. The van der Waals surface area contributed by atoms with Crippen molar-refractivity contribution in [2.75, 3.05) is 25.1 Å². The molecular formula is C13H21NO3. The molecule has 0 amide bonds. The van der Waals surface area contributed by atoms with Gasteiger partial charge >= 0.3 is 0 Å². The fraction of sp³-hybridized carbons (Fsp3) is 0.538. The quantitative estimate of drug-likeness (QED) is 0.785. The molecule has 2 N–H and O–H groups in total. The molecule has 0 aliphatic rings. The van der Waals surface area contributed by atoms with E-state index in [1.54, 1.807) is 21.0 Å². The number of aliphatic hydroxyl groups excluding tert-OH is 2. The van der Waals surface area contributed by atoms with E-state index >= 15 is 0 Å². The van der Waals surface area contributed by atoms with Gasteiger partial charge in [0.1, 0.15) is 5.75 Å². The number of hydrogen-bond donors (Lipinski definition) is 2. The molecule has 0 radical (unpaired) electrons. The Morgan fingerprint density at radius 2 is 1.53 bits per heavy atom. The Labute approximate surface area is 102 Å². The van der Waals surface area contributed by atoms with Crippen molar-refractivity contribution in [3.63, 3.8) is 0 Å². The summed E-state index contributed by atoms with van der Waals surface area (Å²) in [6.45, 7) is 4.46. The Morgan fingerprint density at radius 3 is 1.88 bits per heavy atom. The van der Waals surface area contributed by atoms with Gasteiger partial charge in [-0.25, -0.2) is 0 Å². The van der Waals surface area contributed by atoms with Crippen molar-refractivity contribution in [3.05, 3.63) is 24.3 Å². The topological polar surface area (TPSA) is 52.9 Å². The van der Waals surface area contributed by atoms with Gasteiger partial charge in [-0.1, -0.05) is 0 Å². The molecule has 0 saturated carbocycles. The van der Waals surface area contributed by atoms with Gasteiger partial charge in [0, 0.05) is 18.8 Å². The fourth-order valence-electron chi connectivity index (χ4n) is 1.72. The molecule has 1 aromatic rings. The highest BCUT2D eigenvalue weighted by atomic mass is 16.5. The van der Waals surface area contributed by atoms with E-state index in [2.05, 4.69) is 0 Å². The van der Waals surface area contributed by atoms with Crippen LogP contribution in [0, 0.1) is 0 Å². The fourth-order valence-corrected chi connectivity index (χ4v) is 1.72. The van der Waals surface area contributed by atoms with Gasteiger partial charge in [0.25, 0.3) is 0 Å². The van der Waals surface area contributed by atoms with Crippen LogP contribution in [0.4, 0.5) is 5.69 Å². The van der Waals surface area contributed by atoms with Gasteiger partial charge in [-0.3, -0.25) is 0 Å². The van der Waals surface area contributed by atoms with Crippen LogP contribution in [0.25, 0.3) is 0 Å². The number of benzene rings is 1. The zero-order valence-corrected chi connectivity index (χ0v) is 10.6. The van der Waals surface area contributed by atoms with Crippen molar-refractivity contribution >= 4 is 5.69 Å². The molecular weight excluding hydrogens is 218 g/mol. The molecule has 0 fully saturated rings. The molecule has 1 rings (SSSR count). The van der Waals surface area contributed by atoms with Crippen LogP contribution >= 0.6 is 0 Å². The van der Waals surface area contributed by atoms with Gasteiger partial charge in [-0.15, -0.1) is 0 Å². The summed E-state index contributed by atoms with van der Waals surface area (Å²) in [5, 5.41) is 18.9. The predicted molar refractivity (Wildman–Crippen MR) is 68.6 cm³/mol. The molecule has 1 aromatic carbocycles. The average Bonchev–Trinajstić information content (AvgIpc) is 2.27. The minimum Gasteiger partial charge on any atom is -0.497 e. The minimum atomic E-state index is -0.434. The van der Waals surface area contributed by atoms with E-state index in [1.807, 2.05) is 29.2 Å². The molecule has 0 aliphatic carbocycles. The molecule has 4 heteroatoms. The highest BCUT2D eigenvalue weighted by Gasteiger charge is 2.11. The van der Waals surface area contributed by atoms with Crippen LogP contribution < -0.4 is 9.64 Å². The maximum atomic E-state index is 9.45. The molecule has 0 aliphatic heterocycles. The molecule has 0 unspecified atom stereocenters. The van der Waals surface area contributed by atoms with Gasteiger partial charge in [-0.05, 0) is 38.1 Å². The summed E-state index contributed by atoms with van der Waals surface area (Å²) in [4.78, 5) is 1.95. The predicted octanol–water partition coefficient (Wildman–Crippen LogP) is 1.26. The van der Waals surface area contributed by atoms with Crippen molar-refractivity contribution in [1.82, 2.24) is 0 Å². The van der Waals surface area contributed by atoms with Crippen molar-refractivity contribution in [2.45, 2.75) is 26.1 Å². The first-order valence-electron chi connectivity index (χ1n) is 5.78. The second-order valence-electron chi connectivity index (χ2n) is 4.30.